The van der Waals surface area contributed by atoms with Crippen molar-refractivity contribution in [2.75, 3.05) is 0 Å². The summed E-state index contributed by atoms with van der Waals surface area (Å²) in [6.45, 7) is 0. The van der Waals surface area contributed by atoms with Crippen molar-refractivity contribution in [3.05, 3.63) is 73.6 Å². The van der Waals surface area contributed by atoms with Crippen LogP contribution in [-0.2, 0) is 50.1 Å². The van der Waals surface area contributed by atoms with E-state index in [-0.39, 0.29) is 0 Å². The van der Waals surface area contributed by atoms with Crippen molar-refractivity contribution in [3.63, 3.8) is 0 Å². The van der Waals surface area contributed by atoms with Crippen molar-refractivity contribution in [1.82, 2.24) is 0 Å². The Morgan fingerprint density at radius 1 is 0.857 bits per heavy atom. The maximum absolute atomic E-state index is 2.41. The second kappa shape index (κ2) is 5.68. The van der Waals surface area contributed by atoms with E-state index in [0.717, 1.165) is 0 Å². The van der Waals surface area contributed by atoms with Crippen molar-refractivity contribution in [1.29, 1.82) is 0 Å². The molecule has 0 nitrogen and oxygen atoms in total. The number of benzene rings is 2. The molecule has 2 aliphatic rings. The van der Waals surface area contributed by atoms with Gasteiger partial charge in [0.15, 0.2) is 0 Å². The molecule has 2 aromatic carbocycles. The predicted molar refractivity (Wildman–Crippen MR) is 83.9 cm³/mol. The SMILES string of the molecule is [Hf][C]1=C(CCc2ccccc2)c2c(ccc3c2CCC3)C1. The van der Waals surface area contributed by atoms with Gasteiger partial charge in [0.2, 0.25) is 0 Å². The molecule has 0 fully saturated rings. The van der Waals surface area contributed by atoms with Crippen molar-refractivity contribution in [2.45, 2.75) is 38.5 Å². The Balaban J connectivity index is 1.65. The molecule has 0 bridgehead atoms. The molecule has 103 valence electrons. The summed E-state index contributed by atoms with van der Waals surface area (Å²) in [7, 11) is 0. The van der Waals surface area contributed by atoms with E-state index < -0.39 is 0 Å². The summed E-state index contributed by atoms with van der Waals surface area (Å²) in [5.41, 5.74) is 9.79. The molecular formula is C20H19Hf. The molecule has 0 saturated heterocycles. The molecule has 0 N–H and O–H groups in total. The molecule has 2 aromatic rings. The summed E-state index contributed by atoms with van der Waals surface area (Å²) >= 11 is 1.21. The zero-order chi connectivity index (χ0) is 14.2. The number of fused-ring (bicyclic) bond motifs is 3. The van der Waals surface area contributed by atoms with Crippen LogP contribution in [0.4, 0.5) is 0 Å². The second-order valence-electron chi connectivity index (χ2n) is 6.21. The number of rotatable bonds is 3. The first-order valence-corrected chi connectivity index (χ1v) is 9.74. The Hall–Kier alpha value is -0.950. The third-order valence-corrected chi connectivity index (χ3v) is 6.63. The van der Waals surface area contributed by atoms with Crippen LogP contribution in [0, 0.1) is 0 Å². The molecule has 0 atom stereocenters. The summed E-state index contributed by atoms with van der Waals surface area (Å²) in [5.74, 6) is 0. The normalized spacial score (nSPS) is 16.1. The molecule has 2 aliphatic carbocycles. The van der Waals surface area contributed by atoms with Gasteiger partial charge in [-0.3, -0.25) is 0 Å². The van der Waals surface area contributed by atoms with Crippen molar-refractivity contribution < 1.29 is 24.4 Å². The van der Waals surface area contributed by atoms with Gasteiger partial charge in [-0.05, 0) is 0 Å². The Labute approximate surface area is 141 Å². The van der Waals surface area contributed by atoms with E-state index in [0.29, 0.717) is 0 Å². The molecule has 0 aromatic heterocycles. The van der Waals surface area contributed by atoms with Gasteiger partial charge in [-0.25, -0.2) is 0 Å². The average molecular weight is 438 g/mol. The fraction of sp³-hybridized carbons (Fsp3) is 0.300. The topological polar surface area (TPSA) is 0 Å². The number of aryl methyl sites for hydroxylation is 2. The number of allylic oxidation sites excluding steroid dienone is 2. The molecule has 0 heterocycles. The number of hydrogen-bond acceptors (Lipinski definition) is 0. The van der Waals surface area contributed by atoms with Crippen LogP contribution in [0.25, 0.3) is 5.57 Å². The average Bonchev–Trinajstić information content (AvgIpc) is 3.09. The third kappa shape index (κ3) is 2.50. The molecule has 0 radical (unpaired) electrons. The van der Waals surface area contributed by atoms with E-state index in [9.17, 15) is 0 Å². The Bertz CT molecular complexity index is 710. The Kier molecular flexibility index (Phi) is 3.71. The van der Waals surface area contributed by atoms with Crippen molar-refractivity contribution in [3.8, 4) is 0 Å². The Morgan fingerprint density at radius 2 is 1.67 bits per heavy atom. The summed E-state index contributed by atoms with van der Waals surface area (Å²) in [6.07, 6.45) is 7.61. The number of hydrogen-bond donors (Lipinski definition) is 0. The zero-order valence-corrected chi connectivity index (χ0v) is 15.9. The molecule has 0 aliphatic heterocycles. The monoisotopic (exact) mass is 439 g/mol. The van der Waals surface area contributed by atoms with Crippen LogP contribution >= 0.6 is 0 Å². The standard InChI is InChI=1S/C20H19.Hf/c1-2-5-15(6-3-1)9-10-17-13-14-18-12-11-16-7-4-8-19(16)20(17)18;/h1-3,5-6,11-12H,4,7-10,14H2;. The summed E-state index contributed by atoms with van der Waals surface area (Å²) in [4.78, 5) is 0. The first-order chi connectivity index (χ1) is 10.3. The first-order valence-electron chi connectivity index (χ1n) is 7.94. The third-order valence-electron chi connectivity index (χ3n) is 4.91. The van der Waals surface area contributed by atoms with Crippen LogP contribution in [-0.4, -0.2) is 0 Å². The van der Waals surface area contributed by atoms with Crippen molar-refractivity contribution in [2.24, 2.45) is 0 Å². The van der Waals surface area contributed by atoms with Gasteiger partial charge >= 0.3 is 142 Å². The molecule has 1 heteroatoms. The maximum atomic E-state index is 2.41. The summed E-state index contributed by atoms with van der Waals surface area (Å²) < 4.78 is 1.74. The van der Waals surface area contributed by atoms with E-state index >= 15 is 0 Å². The van der Waals surface area contributed by atoms with Gasteiger partial charge in [-0.15, -0.1) is 0 Å². The molecular weight excluding hydrogens is 419 g/mol. The minimum absolute atomic E-state index is 1.19. The van der Waals surface area contributed by atoms with Crippen LogP contribution in [0.2, 0.25) is 0 Å². The molecule has 21 heavy (non-hydrogen) atoms. The van der Waals surface area contributed by atoms with Gasteiger partial charge in [-0.2, -0.15) is 0 Å². The van der Waals surface area contributed by atoms with Gasteiger partial charge < -0.3 is 0 Å². The fourth-order valence-corrected chi connectivity index (χ4v) is 5.46. The molecule has 0 amide bonds. The molecule has 0 spiro atoms. The van der Waals surface area contributed by atoms with Crippen LogP contribution < -0.4 is 0 Å². The van der Waals surface area contributed by atoms with E-state index in [1.165, 1.54) is 68.5 Å². The predicted octanol–water partition coefficient (Wildman–Crippen LogP) is 4.62. The van der Waals surface area contributed by atoms with Gasteiger partial charge in [-0.1, -0.05) is 0 Å². The molecule has 0 saturated carbocycles. The Morgan fingerprint density at radius 3 is 2.52 bits per heavy atom. The van der Waals surface area contributed by atoms with E-state index in [1.807, 2.05) is 0 Å². The quantitative estimate of drug-likeness (QED) is 0.615. The molecule has 4 rings (SSSR count). The zero-order valence-electron chi connectivity index (χ0n) is 12.3. The van der Waals surface area contributed by atoms with Gasteiger partial charge in [0, 0.05) is 0 Å². The van der Waals surface area contributed by atoms with Crippen LogP contribution in [0.15, 0.2) is 45.8 Å². The van der Waals surface area contributed by atoms with E-state index in [2.05, 4.69) is 42.5 Å². The fourth-order valence-electron chi connectivity index (χ4n) is 3.88. The summed E-state index contributed by atoms with van der Waals surface area (Å²) in [6, 6.07) is 15.8. The van der Waals surface area contributed by atoms with Crippen LogP contribution in [0.1, 0.15) is 40.7 Å². The van der Waals surface area contributed by atoms with E-state index in [1.54, 1.807) is 31.2 Å². The minimum atomic E-state index is 1.19. The van der Waals surface area contributed by atoms with E-state index in [4.69, 9.17) is 0 Å². The van der Waals surface area contributed by atoms with Gasteiger partial charge in [0.1, 0.15) is 0 Å². The van der Waals surface area contributed by atoms with Crippen LogP contribution in [0.3, 0.4) is 0 Å². The second-order valence-corrected chi connectivity index (χ2v) is 8.38. The van der Waals surface area contributed by atoms with Crippen molar-refractivity contribution >= 4 is 5.57 Å². The first kappa shape index (κ1) is 13.7. The molecule has 0 unspecified atom stereocenters. The van der Waals surface area contributed by atoms with Crippen LogP contribution in [0.5, 0.6) is 0 Å². The van der Waals surface area contributed by atoms with Gasteiger partial charge in [0.05, 0.1) is 0 Å². The van der Waals surface area contributed by atoms with Gasteiger partial charge in [0.25, 0.3) is 0 Å². The summed E-state index contributed by atoms with van der Waals surface area (Å²) in [5, 5.41) is 0.